The van der Waals surface area contributed by atoms with Gasteiger partial charge in [-0.15, -0.1) is 0 Å². The Balaban J connectivity index is 1.73. The van der Waals surface area contributed by atoms with Crippen LogP contribution in [0.5, 0.6) is 11.6 Å². The number of sulfonamides is 1. The SMILES string of the molecule is CSCCC(NS(=O)(=O)c1ccc(C)cc1)C(=O)Nc1cccc(Oc2cnccn2)c1. The van der Waals surface area contributed by atoms with Gasteiger partial charge in [-0.05, 0) is 49.6 Å². The molecule has 3 rings (SSSR count). The molecule has 32 heavy (non-hydrogen) atoms. The van der Waals surface area contributed by atoms with E-state index in [1.54, 1.807) is 36.4 Å². The lowest BCUT2D eigenvalue weighted by atomic mass is 10.2. The van der Waals surface area contributed by atoms with Crippen LogP contribution < -0.4 is 14.8 Å². The van der Waals surface area contributed by atoms with Crippen molar-refractivity contribution in [3.05, 3.63) is 72.7 Å². The maximum atomic E-state index is 12.9. The zero-order chi connectivity index (χ0) is 23.0. The van der Waals surface area contributed by atoms with Crippen molar-refractivity contribution in [1.29, 1.82) is 0 Å². The fourth-order valence-corrected chi connectivity index (χ4v) is 4.48. The van der Waals surface area contributed by atoms with Gasteiger partial charge < -0.3 is 10.1 Å². The second-order valence-corrected chi connectivity index (χ2v) is 9.63. The second kappa shape index (κ2) is 11.1. The molecule has 1 aromatic heterocycles. The van der Waals surface area contributed by atoms with E-state index in [4.69, 9.17) is 4.74 Å². The van der Waals surface area contributed by atoms with Crippen LogP contribution in [0.4, 0.5) is 5.69 Å². The first kappa shape index (κ1) is 23.7. The van der Waals surface area contributed by atoms with Gasteiger partial charge in [0.2, 0.25) is 21.8 Å². The molecule has 1 atom stereocenters. The maximum Gasteiger partial charge on any atom is 0.242 e. The maximum absolute atomic E-state index is 12.9. The molecule has 0 bridgehead atoms. The first-order valence-electron chi connectivity index (χ1n) is 9.80. The number of nitrogens with zero attached hydrogens (tertiary/aromatic N) is 2. The number of hydrogen-bond donors (Lipinski definition) is 2. The summed E-state index contributed by atoms with van der Waals surface area (Å²) in [5, 5.41) is 2.77. The van der Waals surface area contributed by atoms with Crippen molar-refractivity contribution in [3.63, 3.8) is 0 Å². The van der Waals surface area contributed by atoms with Crippen molar-refractivity contribution in [3.8, 4) is 11.6 Å². The minimum Gasteiger partial charge on any atom is -0.437 e. The lowest BCUT2D eigenvalue weighted by Gasteiger charge is -2.18. The van der Waals surface area contributed by atoms with Crippen molar-refractivity contribution in [2.24, 2.45) is 0 Å². The molecule has 0 spiro atoms. The van der Waals surface area contributed by atoms with E-state index in [0.717, 1.165) is 5.56 Å². The van der Waals surface area contributed by atoms with Crippen LogP contribution in [0.1, 0.15) is 12.0 Å². The fraction of sp³-hybridized carbons (Fsp3) is 0.227. The number of carbonyl (C=O) groups excluding carboxylic acids is 1. The third kappa shape index (κ3) is 6.78. The minimum atomic E-state index is -3.85. The van der Waals surface area contributed by atoms with Crippen LogP contribution in [0.15, 0.2) is 72.0 Å². The van der Waals surface area contributed by atoms with Crippen molar-refractivity contribution in [2.75, 3.05) is 17.3 Å². The second-order valence-electron chi connectivity index (χ2n) is 6.93. The number of ether oxygens (including phenoxy) is 1. The molecule has 0 fully saturated rings. The predicted octanol–water partition coefficient (Wildman–Crippen LogP) is 3.62. The van der Waals surface area contributed by atoms with Crippen molar-refractivity contribution in [2.45, 2.75) is 24.3 Å². The van der Waals surface area contributed by atoms with Gasteiger partial charge in [0.05, 0.1) is 11.1 Å². The number of anilines is 1. The van der Waals surface area contributed by atoms with Crippen LogP contribution in [0.25, 0.3) is 0 Å². The smallest absolute Gasteiger partial charge is 0.242 e. The summed E-state index contributed by atoms with van der Waals surface area (Å²) in [6.07, 6.45) is 6.77. The number of amides is 1. The van der Waals surface area contributed by atoms with E-state index in [-0.39, 0.29) is 4.90 Å². The van der Waals surface area contributed by atoms with Crippen molar-refractivity contribution >= 4 is 33.4 Å². The minimum absolute atomic E-state index is 0.115. The third-order valence-electron chi connectivity index (χ3n) is 4.42. The first-order valence-corrected chi connectivity index (χ1v) is 12.7. The van der Waals surface area contributed by atoms with Crippen LogP contribution in [-0.4, -0.2) is 42.3 Å². The number of thioether (sulfide) groups is 1. The average molecular weight is 473 g/mol. The molecule has 8 nitrogen and oxygen atoms in total. The molecule has 0 saturated heterocycles. The predicted molar refractivity (Wildman–Crippen MR) is 125 cm³/mol. The summed E-state index contributed by atoms with van der Waals surface area (Å²) in [6.45, 7) is 1.88. The van der Waals surface area contributed by atoms with Crippen LogP contribution in [-0.2, 0) is 14.8 Å². The normalized spacial score (nSPS) is 12.2. The Labute approximate surface area is 191 Å². The quantitative estimate of drug-likeness (QED) is 0.464. The van der Waals surface area contributed by atoms with E-state index >= 15 is 0 Å². The molecule has 168 valence electrons. The van der Waals surface area contributed by atoms with Gasteiger partial charge in [-0.1, -0.05) is 23.8 Å². The topological polar surface area (TPSA) is 110 Å². The van der Waals surface area contributed by atoms with Crippen molar-refractivity contribution in [1.82, 2.24) is 14.7 Å². The Morgan fingerprint density at radius 3 is 2.62 bits per heavy atom. The largest absolute Gasteiger partial charge is 0.437 e. The Morgan fingerprint density at radius 2 is 1.94 bits per heavy atom. The molecule has 0 aliphatic rings. The highest BCUT2D eigenvalue weighted by Gasteiger charge is 2.25. The van der Waals surface area contributed by atoms with E-state index in [1.807, 2.05) is 13.2 Å². The molecular formula is C22H24N4O4S2. The molecule has 1 heterocycles. The zero-order valence-electron chi connectivity index (χ0n) is 17.7. The van der Waals surface area contributed by atoms with E-state index < -0.39 is 22.0 Å². The molecular weight excluding hydrogens is 448 g/mol. The van der Waals surface area contributed by atoms with Crippen molar-refractivity contribution < 1.29 is 17.9 Å². The summed E-state index contributed by atoms with van der Waals surface area (Å²) in [7, 11) is -3.85. The summed E-state index contributed by atoms with van der Waals surface area (Å²) in [5.74, 6) is 0.944. The lowest BCUT2D eigenvalue weighted by molar-refractivity contribution is -0.117. The number of aromatic nitrogens is 2. The van der Waals surface area contributed by atoms with Gasteiger partial charge in [-0.25, -0.2) is 13.4 Å². The van der Waals surface area contributed by atoms with Crippen LogP contribution in [0.2, 0.25) is 0 Å². The molecule has 3 aromatic rings. The Kier molecular flexibility index (Phi) is 8.20. The van der Waals surface area contributed by atoms with Crippen LogP contribution in [0, 0.1) is 6.92 Å². The highest BCUT2D eigenvalue weighted by atomic mass is 32.2. The Bertz CT molecular complexity index is 1140. The van der Waals surface area contributed by atoms with Crippen LogP contribution in [0.3, 0.4) is 0 Å². The number of nitrogens with one attached hydrogen (secondary N) is 2. The summed E-state index contributed by atoms with van der Waals surface area (Å²) in [4.78, 5) is 21.0. The van der Waals surface area contributed by atoms with Gasteiger partial charge in [0.1, 0.15) is 11.8 Å². The Morgan fingerprint density at radius 1 is 1.16 bits per heavy atom. The molecule has 1 amide bonds. The number of rotatable bonds is 10. The standard InChI is InChI=1S/C22H24N4O4S2/c1-16-6-8-19(9-7-16)32(28,29)26-20(10-13-31-2)22(27)25-17-4-3-5-18(14-17)30-21-15-23-11-12-24-21/h3-9,11-12,14-15,20,26H,10,13H2,1-2H3,(H,25,27). The van der Waals surface area contributed by atoms with E-state index in [1.165, 1.54) is 42.5 Å². The van der Waals surface area contributed by atoms with E-state index in [9.17, 15) is 13.2 Å². The summed E-state index contributed by atoms with van der Waals surface area (Å²) in [5.41, 5.74) is 1.42. The number of aryl methyl sites for hydroxylation is 1. The lowest BCUT2D eigenvalue weighted by Crippen LogP contribution is -2.44. The average Bonchev–Trinajstić information content (AvgIpc) is 2.78. The monoisotopic (exact) mass is 472 g/mol. The Hall–Kier alpha value is -2.95. The zero-order valence-corrected chi connectivity index (χ0v) is 19.3. The van der Waals surface area contributed by atoms with Crippen LogP contribution >= 0.6 is 11.8 Å². The number of benzene rings is 2. The van der Waals surface area contributed by atoms with Gasteiger partial charge in [0, 0.05) is 24.1 Å². The highest BCUT2D eigenvalue weighted by molar-refractivity contribution is 7.98. The van der Waals surface area contributed by atoms with E-state index in [2.05, 4.69) is 20.0 Å². The number of hydrogen-bond acceptors (Lipinski definition) is 7. The molecule has 2 aromatic carbocycles. The molecule has 10 heteroatoms. The molecule has 0 radical (unpaired) electrons. The molecule has 1 unspecified atom stereocenters. The first-order chi connectivity index (χ1) is 15.4. The number of carbonyl (C=O) groups is 1. The molecule has 0 aliphatic heterocycles. The fourth-order valence-electron chi connectivity index (χ4n) is 2.78. The molecule has 0 saturated carbocycles. The van der Waals surface area contributed by atoms with Gasteiger partial charge in [0.25, 0.3) is 0 Å². The highest BCUT2D eigenvalue weighted by Crippen LogP contribution is 2.22. The third-order valence-corrected chi connectivity index (χ3v) is 6.55. The summed E-state index contributed by atoms with van der Waals surface area (Å²) < 4.78 is 33.8. The van der Waals surface area contributed by atoms with Gasteiger partial charge in [0.15, 0.2) is 0 Å². The van der Waals surface area contributed by atoms with Gasteiger partial charge in [-0.3, -0.25) is 9.78 Å². The summed E-state index contributed by atoms with van der Waals surface area (Å²) in [6, 6.07) is 12.3. The summed E-state index contributed by atoms with van der Waals surface area (Å²) >= 11 is 1.53. The molecule has 2 N–H and O–H groups in total. The van der Waals surface area contributed by atoms with Gasteiger partial charge >= 0.3 is 0 Å². The van der Waals surface area contributed by atoms with E-state index in [0.29, 0.717) is 29.5 Å². The molecule has 0 aliphatic carbocycles. The van der Waals surface area contributed by atoms with Gasteiger partial charge in [-0.2, -0.15) is 16.5 Å².